The summed E-state index contributed by atoms with van der Waals surface area (Å²) < 4.78 is 34.9. The predicted molar refractivity (Wildman–Crippen MR) is 145 cm³/mol. The molecule has 4 aromatic rings. The maximum atomic E-state index is 13.6. The van der Waals surface area contributed by atoms with Crippen molar-refractivity contribution in [1.82, 2.24) is 9.78 Å². The summed E-state index contributed by atoms with van der Waals surface area (Å²) in [5.74, 6) is -0.795. The molecule has 39 heavy (non-hydrogen) atoms. The standard InChI is InChI=1S/C29H27N3O6S/c1-19(33)27-17-30-32(29(27)26-16-25(26)20-8-4-3-5-9-20)22-11-6-10-21(14-22)31(18-28(34)35)39(36,37)24-13-7-12-23(15-24)38-2/h3-15,17,25-26H,16,18H2,1-2H3,(H,34,35)/t25-,26+/m1/s1. The lowest BCUT2D eigenvalue weighted by molar-refractivity contribution is -0.135. The number of carbonyl (C=O) groups is 2. The second-order valence-electron chi connectivity index (χ2n) is 9.38. The van der Waals surface area contributed by atoms with Gasteiger partial charge in [-0.15, -0.1) is 0 Å². The van der Waals surface area contributed by atoms with Crippen molar-refractivity contribution in [1.29, 1.82) is 0 Å². The highest BCUT2D eigenvalue weighted by atomic mass is 32.2. The van der Waals surface area contributed by atoms with Crippen LogP contribution in [0.1, 0.15) is 46.8 Å². The molecule has 0 bridgehead atoms. The van der Waals surface area contributed by atoms with Crippen LogP contribution in [0.5, 0.6) is 5.75 Å². The summed E-state index contributed by atoms with van der Waals surface area (Å²) in [5.41, 5.74) is 3.11. The smallest absolute Gasteiger partial charge is 0.324 e. The molecular weight excluding hydrogens is 518 g/mol. The number of ether oxygens (including phenoxy) is 1. The zero-order chi connectivity index (χ0) is 27.7. The lowest BCUT2D eigenvalue weighted by Crippen LogP contribution is -2.35. The molecule has 0 saturated heterocycles. The number of sulfonamides is 1. The number of benzene rings is 3. The number of Topliss-reactive ketones (excluding diaryl/α,β-unsaturated/α-hetero) is 1. The van der Waals surface area contributed by atoms with E-state index < -0.39 is 22.5 Å². The molecule has 9 nitrogen and oxygen atoms in total. The Morgan fingerprint density at radius 2 is 1.77 bits per heavy atom. The number of hydrogen-bond donors (Lipinski definition) is 1. The Morgan fingerprint density at radius 1 is 1.03 bits per heavy atom. The molecule has 0 radical (unpaired) electrons. The Labute approximate surface area is 226 Å². The molecule has 1 aromatic heterocycles. The molecule has 10 heteroatoms. The Morgan fingerprint density at radius 3 is 2.46 bits per heavy atom. The first-order chi connectivity index (χ1) is 18.7. The van der Waals surface area contributed by atoms with Gasteiger partial charge in [0.2, 0.25) is 0 Å². The normalized spacial score (nSPS) is 16.5. The van der Waals surface area contributed by atoms with Crippen molar-refractivity contribution < 1.29 is 27.9 Å². The maximum Gasteiger partial charge on any atom is 0.324 e. The van der Waals surface area contributed by atoms with Gasteiger partial charge >= 0.3 is 5.97 Å². The summed E-state index contributed by atoms with van der Waals surface area (Å²) in [4.78, 5) is 24.2. The average Bonchev–Trinajstić information content (AvgIpc) is 3.61. The molecule has 1 fully saturated rings. The number of anilines is 1. The minimum atomic E-state index is -4.26. The minimum Gasteiger partial charge on any atom is -0.497 e. The minimum absolute atomic E-state index is 0.0631. The number of carboxylic acids is 1. The van der Waals surface area contributed by atoms with E-state index >= 15 is 0 Å². The number of rotatable bonds is 10. The van der Waals surface area contributed by atoms with Gasteiger partial charge in [0.1, 0.15) is 12.3 Å². The highest BCUT2D eigenvalue weighted by Crippen LogP contribution is 2.55. The van der Waals surface area contributed by atoms with Crippen LogP contribution in [0.4, 0.5) is 5.69 Å². The van der Waals surface area contributed by atoms with Gasteiger partial charge in [-0.1, -0.05) is 42.5 Å². The molecule has 1 N–H and O–H groups in total. The van der Waals surface area contributed by atoms with E-state index in [-0.39, 0.29) is 28.2 Å². The van der Waals surface area contributed by atoms with Gasteiger partial charge in [0.25, 0.3) is 10.0 Å². The summed E-state index contributed by atoms with van der Waals surface area (Å²) in [5, 5.41) is 14.1. The predicted octanol–water partition coefficient (Wildman–Crippen LogP) is 4.63. The average molecular weight is 546 g/mol. The largest absolute Gasteiger partial charge is 0.497 e. The first kappa shape index (κ1) is 26.2. The summed E-state index contributed by atoms with van der Waals surface area (Å²) in [6.45, 7) is 0.711. The molecule has 0 unspecified atom stereocenters. The van der Waals surface area contributed by atoms with Crippen molar-refractivity contribution in [3.05, 3.63) is 102 Å². The molecule has 0 aliphatic heterocycles. The SMILES string of the molecule is COc1cccc(S(=O)(=O)N(CC(=O)O)c2cccc(-n3ncc(C(C)=O)c3[C@H]3C[C@@H]3c3ccccc3)c2)c1. The Balaban J connectivity index is 1.57. The number of nitrogens with zero attached hydrogens (tertiary/aromatic N) is 3. The number of methoxy groups -OCH3 is 1. The molecule has 2 atom stereocenters. The zero-order valence-corrected chi connectivity index (χ0v) is 22.2. The van der Waals surface area contributed by atoms with Crippen LogP contribution in [0.3, 0.4) is 0 Å². The van der Waals surface area contributed by atoms with E-state index in [0.29, 0.717) is 17.0 Å². The highest BCUT2D eigenvalue weighted by Gasteiger charge is 2.43. The van der Waals surface area contributed by atoms with Crippen LogP contribution in [0.25, 0.3) is 5.69 Å². The number of carbonyl (C=O) groups excluding carboxylic acids is 1. The van der Waals surface area contributed by atoms with E-state index in [4.69, 9.17) is 4.74 Å². The van der Waals surface area contributed by atoms with Crippen LogP contribution < -0.4 is 9.04 Å². The van der Waals surface area contributed by atoms with Gasteiger partial charge < -0.3 is 9.84 Å². The molecule has 200 valence electrons. The summed E-state index contributed by atoms with van der Waals surface area (Å²) >= 11 is 0. The third kappa shape index (κ3) is 5.15. The topological polar surface area (TPSA) is 119 Å². The molecule has 1 heterocycles. The summed E-state index contributed by atoms with van der Waals surface area (Å²) in [7, 11) is -2.84. The molecule has 0 amide bonds. The van der Waals surface area contributed by atoms with E-state index in [2.05, 4.69) is 17.2 Å². The third-order valence-electron chi connectivity index (χ3n) is 6.83. The van der Waals surface area contributed by atoms with Gasteiger partial charge in [0.15, 0.2) is 5.78 Å². The Bertz CT molecular complexity index is 1650. The van der Waals surface area contributed by atoms with Crippen LogP contribution in [-0.2, 0) is 14.8 Å². The van der Waals surface area contributed by atoms with Crippen molar-refractivity contribution in [2.24, 2.45) is 0 Å². The van der Waals surface area contributed by atoms with E-state index in [1.54, 1.807) is 28.9 Å². The first-order valence-electron chi connectivity index (χ1n) is 12.3. The van der Waals surface area contributed by atoms with Gasteiger partial charge in [-0.2, -0.15) is 5.10 Å². The van der Waals surface area contributed by atoms with Gasteiger partial charge in [0, 0.05) is 12.0 Å². The van der Waals surface area contributed by atoms with Crippen LogP contribution in [-0.4, -0.2) is 48.7 Å². The molecular formula is C29H27N3O6S. The monoisotopic (exact) mass is 545 g/mol. The highest BCUT2D eigenvalue weighted by molar-refractivity contribution is 7.92. The second kappa shape index (κ2) is 10.4. The quantitative estimate of drug-likeness (QED) is 0.289. The summed E-state index contributed by atoms with van der Waals surface area (Å²) in [6.07, 6.45) is 2.39. The van der Waals surface area contributed by atoms with Crippen molar-refractivity contribution in [2.45, 2.75) is 30.1 Å². The number of ketones is 1. The lowest BCUT2D eigenvalue weighted by atomic mass is 10.0. The van der Waals surface area contributed by atoms with Gasteiger partial charge in [-0.25, -0.2) is 13.1 Å². The number of carboxylic acid groups (broad SMARTS) is 1. The molecule has 1 aliphatic rings. The van der Waals surface area contributed by atoms with Crippen molar-refractivity contribution in [2.75, 3.05) is 18.0 Å². The van der Waals surface area contributed by atoms with Crippen LogP contribution in [0.2, 0.25) is 0 Å². The maximum absolute atomic E-state index is 13.6. The van der Waals surface area contributed by atoms with Crippen molar-refractivity contribution in [3.63, 3.8) is 0 Å². The fraction of sp³-hybridized carbons (Fsp3) is 0.207. The number of hydrogen-bond acceptors (Lipinski definition) is 6. The third-order valence-corrected chi connectivity index (χ3v) is 8.60. The summed E-state index contributed by atoms with van der Waals surface area (Å²) in [6, 6.07) is 22.4. The van der Waals surface area contributed by atoms with Gasteiger partial charge in [0.05, 0.1) is 40.8 Å². The van der Waals surface area contributed by atoms with Gasteiger partial charge in [-0.05, 0) is 55.2 Å². The van der Waals surface area contributed by atoms with E-state index in [9.17, 15) is 23.1 Å². The molecule has 3 aromatic carbocycles. The van der Waals surface area contributed by atoms with E-state index in [1.165, 1.54) is 50.1 Å². The number of aromatic nitrogens is 2. The first-order valence-corrected chi connectivity index (χ1v) is 13.8. The van der Waals surface area contributed by atoms with E-state index in [0.717, 1.165) is 16.4 Å². The Hall–Kier alpha value is -4.44. The molecule has 5 rings (SSSR count). The van der Waals surface area contributed by atoms with Gasteiger partial charge in [-0.3, -0.25) is 13.9 Å². The van der Waals surface area contributed by atoms with Crippen molar-refractivity contribution in [3.8, 4) is 11.4 Å². The van der Waals surface area contributed by atoms with Crippen LogP contribution in [0.15, 0.2) is 90.0 Å². The lowest BCUT2D eigenvalue weighted by Gasteiger charge is -2.23. The molecule has 1 aliphatic carbocycles. The zero-order valence-electron chi connectivity index (χ0n) is 21.4. The van der Waals surface area contributed by atoms with E-state index in [1.807, 2.05) is 18.2 Å². The Kier molecular flexibility index (Phi) is 6.96. The fourth-order valence-electron chi connectivity index (χ4n) is 4.86. The molecule has 0 spiro atoms. The van der Waals surface area contributed by atoms with Crippen molar-refractivity contribution >= 4 is 27.5 Å². The number of aliphatic carboxylic acids is 1. The molecule has 1 saturated carbocycles. The second-order valence-corrected chi connectivity index (χ2v) is 11.2. The fourth-order valence-corrected chi connectivity index (χ4v) is 6.31. The van der Waals surface area contributed by atoms with Crippen LogP contribution >= 0.6 is 0 Å². The van der Waals surface area contributed by atoms with Crippen LogP contribution in [0, 0.1) is 0 Å².